The Labute approximate surface area is 783 Å². The summed E-state index contributed by atoms with van der Waals surface area (Å²) in [6, 6.07) is 98.6. The minimum Gasteiger partial charge on any atom is -0.355 e. The van der Waals surface area contributed by atoms with Crippen LogP contribution in [-0.2, 0) is 37.9 Å². The first-order valence-electron chi connectivity index (χ1n) is 51.9. The molecule has 0 saturated carbocycles. The highest BCUT2D eigenvalue weighted by molar-refractivity contribution is 6.70. The van der Waals surface area contributed by atoms with E-state index in [9.17, 15) is 15.1 Å². The molecule has 0 amide bonds. The molecule has 0 heterocycles. The molecule has 4 nitrogen and oxygen atoms in total. The van der Waals surface area contributed by atoms with E-state index in [1.54, 1.807) is 0 Å². The van der Waals surface area contributed by atoms with Crippen LogP contribution >= 0.6 is 0 Å². The standard InChI is InChI=1S/C124H110BN4/c1-118(2,3)82-38-33-37-79(69-82)90-41-25-32-54-112(90)126-87-39-34-40-89(76-87)129(116-68-60-85(121(10,11)12)74-101(116)81-56-63-98-96-47-24-31-53-107(96)124(109(98)71-81)104-50-28-21-44-93(104)94-45-22-29-51-105(94)124)117-75-86(122(13,14)15)57-64-111(117)125-110-65-61-88(127-113-66-58-83(119(4,5)6)72-99(113)78-35-17-16-18-36-78)77-115(110)128-114-67-59-84(120(7,8)9)73-100(114)80-55-62-97-95-46-23-30-52-106(95)123(108(97)70-80)102-48-26-19-42-91(102)92-43-20-27-49-103(92)123/h16-77,126-128H,1-15H3/i16D,17D,18D,25D,32D,33D,35D,38D,41D,54D,58D,66D,69D,72D. The van der Waals surface area contributed by atoms with Crippen molar-refractivity contribution < 1.29 is 19.2 Å². The summed E-state index contributed by atoms with van der Waals surface area (Å²) in [6.45, 7) is 31.2. The predicted molar refractivity (Wildman–Crippen MR) is 550 cm³/mol. The number of nitrogens with zero attached hydrogens (tertiary/aromatic N) is 1. The van der Waals surface area contributed by atoms with Gasteiger partial charge in [-0.2, -0.15) is 0 Å². The number of para-hydroxylation sites is 1. The Morgan fingerprint density at radius 1 is 0.240 bits per heavy atom. The Hall–Kier alpha value is -14.0. The molecule has 5 heteroatoms. The highest BCUT2D eigenvalue weighted by Gasteiger charge is 2.54. The molecule has 629 valence electrons. The average Bonchev–Trinajstić information content (AvgIpc) is 1.51. The zero-order chi connectivity index (χ0) is 101. The van der Waals surface area contributed by atoms with Gasteiger partial charge in [0.15, 0.2) is 7.28 Å². The number of hydrogen-bond donors (Lipinski definition) is 3. The minimum absolute atomic E-state index is 0.00264. The van der Waals surface area contributed by atoms with Crippen molar-refractivity contribution in [3.63, 3.8) is 0 Å². The zero-order valence-corrected chi connectivity index (χ0v) is 75.7. The van der Waals surface area contributed by atoms with Crippen LogP contribution < -0.4 is 31.8 Å². The van der Waals surface area contributed by atoms with E-state index in [1.807, 2.05) is 84.0 Å². The summed E-state index contributed by atoms with van der Waals surface area (Å²) in [4.78, 5) is 2.30. The van der Waals surface area contributed by atoms with Crippen LogP contribution in [0.25, 0.3) is 89.0 Å². The molecule has 0 fully saturated rings. The molecule has 4 aliphatic carbocycles. The molecule has 3 N–H and O–H groups in total. The van der Waals surface area contributed by atoms with Gasteiger partial charge in [0.05, 0.1) is 35.7 Å². The van der Waals surface area contributed by atoms with Gasteiger partial charge < -0.3 is 20.9 Å². The van der Waals surface area contributed by atoms with E-state index < -0.39 is 74.8 Å². The fourth-order valence-electron chi connectivity index (χ4n) is 20.2. The van der Waals surface area contributed by atoms with Gasteiger partial charge >= 0.3 is 0 Å². The number of rotatable bonds is 15. The minimum atomic E-state index is -0.862. The molecule has 0 saturated heterocycles. The Kier molecular flexibility index (Phi) is 16.1. The summed E-state index contributed by atoms with van der Waals surface area (Å²) in [7, 11) is 2.18. The maximum atomic E-state index is 10.2. The van der Waals surface area contributed by atoms with Crippen LogP contribution in [0.4, 0.5) is 51.2 Å². The SMILES string of the molecule is [2H]c1cc(-c2c([2H])c(C(C)(C)C)c([2H])c([2H])c2Nc2ccc([B]c3ccc(C(C)(C)C)cc3N(c3cccc(Nc4c([2H])c([2H])c([2H])c([2H])c4-c4cc([2H])c([2H])c(C(C)(C)C)c4[2H])c3)c3ccc(C(C)(C)C)cc3-c3ccc4c(c3)C3(c5ccccc5-c5ccccc53)c3ccccc3-4)c(Nc3ccc(C(C)(C)C)cc3-c3ccc4c(c3)C3(c5ccccc5-c5ccccc53)c3ccccc3-4)c2)c([2H])c([2H])c1[2H]. The van der Waals surface area contributed by atoms with Crippen molar-refractivity contribution in [2.24, 2.45) is 0 Å². The van der Waals surface area contributed by atoms with Gasteiger partial charge in [0.25, 0.3) is 0 Å². The molecule has 21 rings (SSSR count). The quantitative estimate of drug-likeness (QED) is 0.0895. The Balaban J connectivity index is 0.813. The number of nitrogens with one attached hydrogen (secondary N) is 3. The van der Waals surface area contributed by atoms with Crippen LogP contribution in [0, 0.1) is 0 Å². The normalized spacial score (nSPS) is 15.0. The lowest BCUT2D eigenvalue weighted by Gasteiger charge is -2.34. The monoisotopic (exact) mass is 1680 g/mol. The Morgan fingerprint density at radius 3 is 1.24 bits per heavy atom. The van der Waals surface area contributed by atoms with Crippen molar-refractivity contribution in [3.05, 3.63) is 448 Å². The molecule has 0 aromatic heterocycles. The van der Waals surface area contributed by atoms with Crippen molar-refractivity contribution in [3.8, 4) is 89.0 Å². The topological polar surface area (TPSA) is 39.3 Å². The van der Waals surface area contributed by atoms with Gasteiger partial charge in [0.1, 0.15) is 0 Å². The Morgan fingerprint density at radius 2 is 0.690 bits per heavy atom. The fraction of sp³-hybridized carbons (Fsp3) is 0.177. The van der Waals surface area contributed by atoms with Gasteiger partial charge in [-0.05, 0) is 257 Å². The summed E-state index contributed by atoms with van der Waals surface area (Å²) in [6.07, 6.45) is 0. The molecule has 4 aliphatic rings. The molecular weight excluding hydrogens is 1560 g/mol. The second-order valence-corrected chi connectivity index (χ2v) is 40.2. The van der Waals surface area contributed by atoms with Crippen LogP contribution in [0.15, 0.2) is 376 Å². The highest BCUT2D eigenvalue weighted by Crippen LogP contribution is 2.66. The Bertz CT molecular complexity index is 8140. The molecule has 0 unspecified atom stereocenters. The van der Waals surface area contributed by atoms with E-state index in [-0.39, 0.29) is 92.5 Å². The summed E-state index contributed by atoms with van der Waals surface area (Å²) >= 11 is 0. The van der Waals surface area contributed by atoms with E-state index in [0.29, 0.717) is 28.2 Å². The molecule has 129 heavy (non-hydrogen) atoms. The molecule has 2 spiro atoms. The van der Waals surface area contributed by atoms with Gasteiger partial charge in [-0.25, -0.2) is 0 Å². The molecule has 1 radical (unpaired) electrons. The summed E-state index contributed by atoms with van der Waals surface area (Å²) < 4.78 is 133. The number of hydrogen-bond acceptors (Lipinski definition) is 4. The van der Waals surface area contributed by atoms with Crippen molar-refractivity contribution >= 4 is 69.4 Å². The smallest absolute Gasteiger partial charge is 0.197 e. The predicted octanol–water partition coefficient (Wildman–Crippen LogP) is 31.9. The van der Waals surface area contributed by atoms with E-state index in [2.05, 4.69) is 327 Å². The van der Waals surface area contributed by atoms with Crippen LogP contribution in [0.1, 0.15) is 195 Å². The summed E-state index contributed by atoms with van der Waals surface area (Å²) in [5.74, 6) is 0. The van der Waals surface area contributed by atoms with Crippen molar-refractivity contribution in [2.45, 2.75) is 142 Å². The molecule has 0 bridgehead atoms. The first-order chi connectivity index (χ1) is 67.9. The largest absolute Gasteiger partial charge is 0.355 e. The third-order valence-electron chi connectivity index (χ3n) is 26.8. The summed E-state index contributed by atoms with van der Waals surface area (Å²) in [5, 5.41) is 11.3. The average molecular weight is 1680 g/mol. The number of benzene rings is 17. The van der Waals surface area contributed by atoms with Gasteiger partial charge in [-0.3, -0.25) is 0 Å². The van der Waals surface area contributed by atoms with Gasteiger partial charge in [-0.15, -0.1) is 0 Å². The summed E-state index contributed by atoms with van der Waals surface area (Å²) in [5.41, 5.74) is 27.7. The third-order valence-corrected chi connectivity index (χ3v) is 26.8. The van der Waals surface area contributed by atoms with Gasteiger partial charge in [0, 0.05) is 67.8 Å². The lowest BCUT2D eigenvalue weighted by molar-refractivity contribution is 0.590. The van der Waals surface area contributed by atoms with Crippen LogP contribution in [0.2, 0.25) is 0 Å². The highest BCUT2D eigenvalue weighted by atomic mass is 15.1. The maximum absolute atomic E-state index is 10.2. The van der Waals surface area contributed by atoms with Crippen LogP contribution in [0.5, 0.6) is 0 Å². The van der Waals surface area contributed by atoms with E-state index in [1.165, 1.54) is 73.3 Å². The lowest BCUT2D eigenvalue weighted by atomic mass is 9.62. The van der Waals surface area contributed by atoms with Gasteiger partial charge in [-0.1, -0.05) is 400 Å². The first kappa shape index (κ1) is 67.3. The molecule has 0 aliphatic heterocycles. The molecule has 17 aromatic rings. The van der Waals surface area contributed by atoms with Crippen molar-refractivity contribution in [1.29, 1.82) is 0 Å². The third kappa shape index (κ3) is 14.0. The molecule has 17 aromatic carbocycles. The zero-order valence-electron chi connectivity index (χ0n) is 89.7. The van der Waals surface area contributed by atoms with Crippen molar-refractivity contribution in [1.82, 2.24) is 0 Å². The fourth-order valence-corrected chi connectivity index (χ4v) is 20.2. The van der Waals surface area contributed by atoms with E-state index in [4.69, 9.17) is 4.11 Å². The first-order valence-corrected chi connectivity index (χ1v) is 44.9. The van der Waals surface area contributed by atoms with E-state index in [0.717, 1.165) is 89.3 Å². The second-order valence-electron chi connectivity index (χ2n) is 40.2. The number of anilines is 9. The van der Waals surface area contributed by atoms with Gasteiger partial charge in [0.2, 0.25) is 0 Å². The lowest BCUT2D eigenvalue weighted by Crippen LogP contribution is -2.33. The van der Waals surface area contributed by atoms with Crippen LogP contribution in [0.3, 0.4) is 0 Å². The molecular formula is C124H110BN4. The van der Waals surface area contributed by atoms with Crippen molar-refractivity contribution in [2.75, 3.05) is 20.9 Å². The van der Waals surface area contributed by atoms with E-state index >= 15 is 0 Å². The van der Waals surface area contributed by atoms with Crippen LogP contribution in [-0.4, -0.2) is 7.28 Å². The maximum Gasteiger partial charge on any atom is 0.197 e. The number of fused-ring (bicyclic) bond motifs is 20. The second kappa shape index (κ2) is 30.9. The molecule has 0 atom stereocenters.